The van der Waals surface area contributed by atoms with Crippen LogP contribution in [0.15, 0.2) is 60.7 Å². The van der Waals surface area contributed by atoms with E-state index in [0.29, 0.717) is 0 Å². The monoisotopic (exact) mass is 292 g/mol. The summed E-state index contributed by atoms with van der Waals surface area (Å²) in [5, 5.41) is 0. The van der Waals surface area contributed by atoms with E-state index in [9.17, 15) is 0 Å². The van der Waals surface area contributed by atoms with Crippen LogP contribution < -0.4 is 4.90 Å². The number of hydrogen-bond donors (Lipinski definition) is 0. The molecule has 1 aliphatic heterocycles. The zero-order valence-corrected chi connectivity index (χ0v) is 13.3. The van der Waals surface area contributed by atoms with Crippen LogP contribution in [-0.2, 0) is 0 Å². The smallest absolute Gasteiger partial charge is 0.0367 e. The van der Waals surface area contributed by atoms with Crippen LogP contribution in [0.4, 0.5) is 5.69 Å². The second-order valence-electron chi connectivity index (χ2n) is 5.94. The molecule has 0 radical (unpaired) electrons. The van der Waals surface area contributed by atoms with Gasteiger partial charge in [0.2, 0.25) is 0 Å². The van der Waals surface area contributed by atoms with Crippen LogP contribution in [-0.4, -0.2) is 37.6 Å². The van der Waals surface area contributed by atoms with E-state index in [1.807, 2.05) is 0 Å². The Hall–Kier alpha value is -2.06. The summed E-state index contributed by atoms with van der Waals surface area (Å²) in [6.07, 6.45) is 4.49. The summed E-state index contributed by atoms with van der Waals surface area (Å²) < 4.78 is 0. The van der Waals surface area contributed by atoms with Crippen LogP contribution in [0.25, 0.3) is 6.08 Å². The zero-order chi connectivity index (χ0) is 15.2. The Bertz CT molecular complexity index is 593. The fraction of sp³-hybridized carbons (Fsp3) is 0.300. The van der Waals surface area contributed by atoms with Gasteiger partial charge in [-0.2, -0.15) is 0 Å². The number of piperazine rings is 1. The van der Waals surface area contributed by atoms with Crippen molar-refractivity contribution in [3.8, 4) is 0 Å². The molecule has 2 nitrogen and oxygen atoms in total. The van der Waals surface area contributed by atoms with Crippen molar-refractivity contribution >= 4 is 11.8 Å². The number of hydrogen-bond acceptors (Lipinski definition) is 2. The fourth-order valence-electron chi connectivity index (χ4n) is 2.85. The molecule has 22 heavy (non-hydrogen) atoms. The third-order valence-electron chi connectivity index (χ3n) is 4.24. The second-order valence-corrected chi connectivity index (χ2v) is 5.94. The molecule has 2 heteroatoms. The van der Waals surface area contributed by atoms with E-state index in [1.54, 1.807) is 0 Å². The summed E-state index contributed by atoms with van der Waals surface area (Å²) in [7, 11) is 0. The summed E-state index contributed by atoms with van der Waals surface area (Å²) in [6, 6.07) is 19.4. The average Bonchev–Trinajstić information content (AvgIpc) is 2.57. The number of nitrogens with zero attached hydrogens (tertiary/aromatic N) is 2. The van der Waals surface area contributed by atoms with Gasteiger partial charge in [-0.15, -0.1) is 0 Å². The maximum atomic E-state index is 2.52. The first-order valence-corrected chi connectivity index (χ1v) is 8.07. The predicted octanol–water partition coefficient (Wildman–Crippen LogP) is 3.83. The highest BCUT2D eigenvalue weighted by molar-refractivity contribution is 5.49. The molecule has 0 aliphatic carbocycles. The number of rotatable bonds is 4. The zero-order valence-electron chi connectivity index (χ0n) is 13.3. The standard InChI is InChI=1S/C20H24N2/c1-18-9-11-20(12-10-18)22-16-14-21(15-17-22)13-5-8-19-6-3-2-4-7-19/h2-12H,13-17H2,1H3/b8-5+. The molecule has 0 N–H and O–H groups in total. The van der Waals surface area contributed by atoms with E-state index in [2.05, 4.69) is 83.5 Å². The van der Waals surface area contributed by atoms with Crippen LogP contribution >= 0.6 is 0 Å². The van der Waals surface area contributed by atoms with E-state index in [4.69, 9.17) is 0 Å². The molecule has 2 aromatic rings. The maximum Gasteiger partial charge on any atom is 0.0367 e. The minimum atomic E-state index is 1.04. The normalized spacial score (nSPS) is 16.3. The van der Waals surface area contributed by atoms with Gasteiger partial charge in [0, 0.05) is 38.4 Å². The summed E-state index contributed by atoms with van der Waals surface area (Å²) in [4.78, 5) is 5.00. The van der Waals surface area contributed by atoms with Gasteiger partial charge in [-0.05, 0) is 24.6 Å². The lowest BCUT2D eigenvalue weighted by Gasteiger charge is -2.35. The second kappa shape index (κ2) is 7.28. The number of benzene rings is 2. The SMILES string of the molecule is Cc1ccc(N2CCN(C/C=C/c3ccccc3)CC2)cc1. The largest absolute Gasteiger partial charge is 0.369 e. The molecule has 0 unspecified atom stereocenters. The maximum absolute atomic E-state index is 2.52. The molecule has 0 atom stereocenters. The third kappa shape index (κ3) is 3.99. The third-order valence-corrected chi connectivity index (χ3v) is 4.24. The van der Waals surface area contributed by atoms with Gasteiger partial charge in [-0.25, -0.2) is 0 Å². The van der Waals surface area contributed by atoms with Gasteiger partial charge in [-0.1, -0.05) is 60.2 Å². The van der Waals surface area contributed by atoms with Crippen LogP contribution in [0.1, 0.15) is 11.1 Å². The first-order valence-electron chi connectivity index (χ1n) is 8.07. The topological polar surface area (TPSA) is 6.48 Å². The van der Waals surface area contributed by atoms with Crippen molar-refractivity contribution in [3.63, 3.8) is 0 Å². The molecule has 0 amide bonds. The molecule has 3 rings (SSSR count). The van der Waals surface area contributed by atoms with Crippen molar-refractivity contribution in [3.05, 3.63) is 71.8 Å². The molecule has 0 saturated carbocycles. The Morgan fingerprint density at radius 1 is 0.864 bits per heavy atom. The van der Waals surface area contributed by atoms with E-state index < -0.39 is 0 Å². The number of aryl methyl sites for hydroxylation is 1. The van der Waals surface area contributed by atoms with Gasteiger partial charge >= 0.3 is 0 Å². The molecule has 0 spiro atoms. The van der Waals surface area contributed by atoms with Crippen molar-refractivity contribution in [2.24, 2.45) is 0 Å². The van der Waals surface area contributed by atoms with Crippen LogP contribution in [0.2, 0.25) is 0 Å². The molecule has 114 valence electrons. The Morgan fingerprint density at radius 3 is 2.23 bits per heavy atom. The molecule has 1 heterocycles. The van der Waals surface area contributed by atoms with Gasteiger partial charge in [0.05, 0.1) is 0 Å². The van der Waals surface area contributed by atoms with E-state index in [-0.39, 0.29) is 0 Å². The molecular weight excluding hydrogens is 268 g/mol. The van der Waals surface area contributed by atoms with Gasteiger partial charge in [-0.3, -0.25) is 4.90 Å². The van der Waals surface area contributed by atoms with Gasteiger partial charge in [0.15, 0.2) is 0 Å². The molecule has 1 aliphatic rings. The van der Waals surface area contributed by atoms with Crippen LogP contribution in [0.5, 0.6) is 0 Å². The average molecular weight is 292 g/mol. The Kier molecular flexibility index (Phi) is 4.92. The van der Waals surface area contributed by atoms with Crippen LogP contribution in [0.3, 0.4) is 0 Å². The van der Waals surface area contributed by atoms with E-state index in [0.717, 1.165) is 32.7 Å². The molecule has 0 aromatic heterocycles. The molecular formula is C20H24N2. The Labute approximate surface area is 133 Å². The van der Waals surface area contributed by atoms with E-state index >= 15 is 0 Å². The van der Waals surface area contributed by atoms with Gasteiger partial charge < -0.3 is 4.90 Å². The van der Waals surface area contributed by atoms with Crippen molar-refractivity contribution < 1.29 is 0 Å². The van der Waals surface area contributed by atoms with Gasteiger partial charge in [0.25, 0.3) is 0 Å². The van der Waals surface area contributed by atoms with Crippen molar-refractivity contribution in [1.29, 1.82) is 0 Å². The Balaban J connectivity index is 1.47. The van der Waals surface area contributed by atoms with Crippen molar-refractivity contribution in [1.82, 2.24) is 4.90 Å². The molecule has 1 saturated heterocycles. The quantitative estimate of drug-likeness (QED) is 0.845. The van der Waals surface area contributed by atoms with Gasteiger partial charge in [0.1, 0.15) is 0 Å². The first kappa shape index (κ1) is 14.9. The Morgan fingerprint density at radius 2 is 1.55 bits per heavy atom. The number of anilines is 1. The predicted molar refractivity (Wildman–Crippen MR) is 95.3 cm³/mol. The summed E-state index contributed by atoms with van der Waals surface area (Å²) in [5.74, 6) is 0. The lowest BCUT2D eigenvalue weighted by atomic mass is 10.2. The lowest BCUT2D eigenvalue weighted by Crippen LogP contribution is -2.46. The highest BCUT2D eigenvalue weighted by Gasteiger charge is 2.15. The fourth-order valence-corrected chi connectivity index (χ4v) is 2.85. The minimum Gasteiger partial charge on any atom is -0.369 e. The van der Waals surface area contributed by atoms with Crippen LogP contribution in [0, 0.1) is 6.92 Å². The lowest BCUT2D eigenvalue weighted by molar-refractivity contribution is 0.284. The highest BCUT2D eigenvalue weighted by atomic mass is 15.3. The summed E-state index contributed by atoms with van der Waals surface area (Å²) >= 11 is 0. The minimum absolute atomic E-state index is 1.04. The highest BCUT2D eigenvalue weighted by Crippen LogP contribution is 2.17. The van der Waals surface area contributed by atoms with Crippen molar-refractivity contribution in [2.45, 2.75) is 6.92 Å². The molecule has 2 aromatic carbocycles. The molecule has 1 fully saturated rings. The first-order chi connectivity index (χ1) is 10.8. The molecule has 0 bridgehead atoms. The summed E-state index contributed by atoms with van der Waals surface area (Å²) in [5.41, 5.74) is 3.96. The van der Waals surface area contributed by atoms with Crippen molar-refractivity contribution in [2.75, 3.05) is 37.6 Å². The summed E-state index contributed by atoms with van der Waals surface area (Å²) in [6.45, 7) is 7.67. The van der Waals surface area contributed by atoms with E-state index in [1.165, 1.54) is 16.8 Å².